The number of hydrogen-bond acceptors (Lipinski definition) is 3. The van der Waals surface area contributed by atoms with Gasteiger partial charge in [0.1, 0.15) is 5.75 Å². The molecule has 1 heterocycles. The van der Waals surface area contributed by atoms with Crippen molar-refractivity contribution in [1.29, 1.82) is 0 Å². The molecule has 0 bridgehead atoms. The van der Waals surface area contributed by atoms with Gasteiger partial charge in [0, 0.05) is 22.2 Å². The molecule has 4 heteroatoms. The summed E-state index contributed by atoms with van der Waals surface area (Å²) in [6, 6.07) is 16.6. The summed E-state index contributed by atoms with van der Waals surface area (Å²) in [5.41, 5.74) is 2.37. The van der Waals surface area contributed by atoms with E-state index in [0.717, 1.165) is 37.4 Å². The molecule has 0 saturated carbocycles. The molecule has 3 nitrogen and oxygen atoms in total. The fraction of sp³-hybridized carbons (Fsp3) is 0.333. The Labute approximate surface area is 145 Å². The van der Waals surface area contributed by atoms with Gasteiger partial charge in [0.25, 0.3) is 0 Å². The molecule has 3 rings (SSSR count). The van der Waals surface area contributed by atoms with Gasteiger partial charge in [0.2, 0.25) is 0 Å². The van der Waals surface area contributed by atoms with Gasteiger partial charge >= 0.3 is 0 Å². The maximum Gasteiger partial charge on any atom is 0.199 e. The number of hydrogen-bond donors (Lipinski definition) is 1. The van der Waals surface area contributed by atoms with Crippen LogP contribution in [0.5, 0.6) is 5.75 Å². The third-order valence-corrected chi connectivity index (χ3v) is 4.39. The monoisotopic (exact) mass is 409 g/mol. The molecule has 116 valence electrons. The number of anilines is 1. The topological polar surface area (TPSA) is 30.5 Å². The van der Waals surface area contributed by atoms with E-state index in [1.807, 2.05) is 12.1 Å². The van der Waals surface area contributed by atoms with Crippen LogP contribution in [0.3, 0.4) is 0 Å². The average molecular weight is 409 g/mol. The van der Waals surface area contributed by atoms with Gasteiger partial charge in [-0.3, -0.25) is 0 Å². The van der Waals surface area contributed by atoms with Gasteiger partial charge in [-0.25, -0.2) is 0 Å². The van der Waals surface area contributed by atoms with E-state index in [2.05, 4.69) is 64.3 Å². The van der Waals surface area contributed by atoms with Gasteiger partial charge in [-0.05, 0) is 77.4 Å². The predicted octanol–water partition coefficient (Wildman–Crippen LogP) is 4.81. The van der Waals surface area contributed by atoms with Crippen LogP contribution in [0.15, 0.2) is 48.5 Å². The number of benzene rings is 2. The van der Waals surface area contributed by atoms with Crippen molar-refractivity contribution in [3.63, 3.8) is 0 Å². The van der Waals surface area contributed by atoms with Crippen LogP contribution in [0, 0.1) is 3.57 Å². The summed E-state index contributed by atoms with van der Waals surface area (Å²) in [7, 11) is 0. The van der Waals surface area contributed by atoms with Crippen LogP contribution < -0.4 is 10.1 Å². The number of ether oxygens (including phenoxy) is 2. The molecule has 2 aromatic rings. The van der Waals surface area contributed by atoms with Gasteiger partial charge in [-0.15, -0.1) is 0 Å². The maximum absolute atomic E-state index is 5.84. The zero-order valence-corrected chi connectivity index (χ0v) is 14.6. The van der Waals surface area contributed by atoms with Crippen LogP contribution in [0.4, 0.5) is 5.69 Å². The van der Waals surface area contributed by atoms with E-state index in [1.54, 1.807) is 0 Å². The van der Waals surface area contributed by atoms with E-state index in [-0.39, 0.29) is 6.29 Å². The first-order valence-electron chi connectivity index (χ1n) is 7.66. The smallest absolute Gasteiger partial charge is 0.199 e. The van der Waals surface area contributed by atoms with Crippen molar-refractivity contribution in [2.75, 3.05) is 11.9 Å². The van der Waals surface area contributed by atoms with Crippen molar-refractivity contribution in [3.8, 4) is 5.75 Å². The van der Waals surface area contributed by atoms with Crippen molar-refractivity contribution in [3.05, 3.63) is 57.7 Å². The molecule has 22 heavy (non-hydrogen) atoms. The fourth-order valence-corrected chi connectivity index (χ4v) is 2.77. The molecule has 2 aromatic carbocycles. The highest BCUT2D eigenvalue weighted by atomic mass is 127. The molecule has 0 spiro atoms. The summed E-state index contributed by atoms with van der Waals surface area (Å²) >= 11 is 2.31. The first-order valence-corrected chi connectivity index (χ1v) is 8.74. The molecule has 1 N–H and O–H groups in total. The third-order valence-electron chi connectivity index (χ3n) is 3.67. The fourth-order valence-electron chi connectivity index (χ4n) is 2.41. The highest BCUT2D eigenvalue weighted by Crippen LogP contribution is 2.20. The van der Waals surface area contributed by atoms with Crippen molar-refractivity contribution in [2.45, 2.75) is 32.1 Å². The van der Waals surface area contributed by atoms with E-state index in [4.69, 9.17) is 9.47 Å². The lowest BCUT2D eigenvalue weighted by molar-refractivity contribution is -0.105. The lowest BCUT2D eigenvalue weighted by atomic mass is 10.2. The van der Waals surface area contributed by atoms with Crippen LogP contribution in [0.25, 0.3) is 0 Å². The molecular formula is C18H20INO2. The summed E-state index contributed by atoms with van der Waals surface area (Å²) in [6.07, 6.45) is 3.23. The lowest BCUT2D eigenvalue weighted by Crippen LogP contribution is -2.24. The van der Waals surface area contributed by atoms with Gasteiger partial charge < -0.3 is 14.8 Å². The Morgan fingerprint density at radius 1 is 1.05 bits per heavy atom. The second-order valence-electron chi connectivity index (χ2n) is 5.42. The van der Waals surface area contributed by atoms with E-state index in [9.17, 15) is 0 Å². The Kier molecular flexibility index (Phi) is 5.56. The van der Waals surface area contributed by atoms with Crippen LogP contribution in [-0.2, 0) is 11.3 Å². The Hall–Kier alpha value is -1.27. The van der Waals surface area contributed by atoms with Crippen LogP contribution in [-0.4, -0.2) is 12.9 Å². The molecule has 1 aliphatic rings. The predicted molar refractivity (Wildman–Crippen MR) is 97.1 cm³/mol. The minimum atomic E-state index is -0.0792. The van der Waals surface area contributed by atoms with Crippen molar-refractivity contribution in [1.82, 2.24) is 0 Å². The van der Waals surface area contributed by atoms with Crippen LogP contribution in [0.2, 0.25) is 0 Å². The molecule has 0 aliphatic carbocycles. The highest BCUT2D eigenvalue weighted by Gasteiger charge is 2.14. The Bertz CT molecular complexity index is 577. The summed E-state index contributed by atoms with van der Waals surface area (Å²) in [4.78, 5) is 0. The molecular weight excluding hydrogens is 389 g/mol. The zero-order valence-electron chi connectivity index (χ0n) is 12.4. The molecule has 0 amide bonds. The number of halogens is 1. The van der Waals surface area contributed by atoms with Gasteiger partial charge in [-0.1, -0.05) is 12.1 Å². The SMILES string of the molecule is Ic1ccc(NCc2ccc(OC3CCCCO3)cc2)cc1. The quantitative estimate of drug-likeness (QED) is 0.720. The largest absolute Gasteiger partial charge is 0.465 e. The summed E-state index contributed by atoms with van der Waals surface area (Å²) < 4.78 is 12.7. The third kappa shape index (κ3) is 4.61. The summed E-state index contributed by atoms with van der Waals surface area (Å²) in [5.74, 6) is 0.880. The molecule has 0 radical (unpaired) electrons. The minimum Gasteiger partial charge on any atom is -0.465 e. The Morgan fingerprint density at radius 2 is 1.82 bits per heavy atom. The summed E-state index contributed by atoms with van der Waals surface area (Å²) in [6.45, 7) is 1.61. The number of rotatable bonds is 5. The zero-order chi connectivity index (χ0) is 15.2. The van der Waals surface area contributed by atoms with Gasteiger partial charge in [-0.2, -0.15) is 0 Å². The van der Waals surface area contributed by atoms with E-state index >= 15 is 0 Å². The molecule has 1 aliphatic heterocycles. The first kappa shape index (κ1) is 15.6. The lowest BCUT2D eigenvalue weighted by Gasteiger charge is -2.23. The Morgan fingerprint density at radius 3 is 2.50 bits per heavy atom. The second-order valence-corrected chi connectivity index (χ2v) is 6.66. The highest BCUT2D eigenvalue weighted by molar-refractivity contribution is 14.1. The average Bonchev–Trinajstić information content (AvgIpc) is 2.57. The molecule has 1 fully saturated rings. The van der Waals surface area contributed by atoms with Gasteiger partial charge in [0.05, 0.1) is 6.61 Å². The van der Waals surface area contributed by atoms with E-state index in [1.165, 1.54) is 15.6 Å². The van der Waals surface area contributed by atoms with Crippen molar-refractivity contribution >= 4 is 28.3 Å². The van der Waals surface area contributed by atoms with Crippen molar-refractivity contribution in [2.24, 2.45) is 0 Å². The van der Waals surface area contributed by atoms with E-state index < -0.39 is 0 Å². The van der Waals surface area contributed by atoms with Crippen molar-refractivity contribution < 1.29 is 9.47 Å². The molecule has 1 atom stereocenters. The van der Waals surface area contributed by atoms with Crippen LogP contribution >= 0.6 is 22.6 Å². The second kappa shape index (κ2) is 7.83. The minimum absolute atomic E-state index is 0.0792. The maximum atomic E-state index is 5.84. The standard InChI is InChI=1S/C18H20INO2/c19-15-6-8-16(9-7-15)20-13-14-4-10-17(11-5-14)22-18-3-1-2-12-21-18/h4-11,18,20H,1-3,12-13H2. The first-order chi connectivity index (χ1) is 10.8. The van der Waals surface area contributed by atoms with Gasteiger partial charge in [0.15, 0.2) is 6.29 Å². The molecule has 1 unspecified atom stereocenters. The summed E-state index contributed by atoms with van der Waals surface area (Å²) in [5, 5.41) is 3.42. The van der Waals surface area contributed by atoms with Crippen LogP contribution in [0.1, 0.15) is 24.8 Å². The molecule has 0 aromatic heterocycles. The Balaban J connectivity index is 1.51. The van der Waals surface area contributed by atoms with E-state index in [0.29, 0.717) is 0 Å². The normalized spacial score (nSPS) is 18.0. The number of nitrogens with one attached hydrogen (secondary N) is 1. The molecule has 1 saturated heterocycles.